The third-order valence-electron chi connectivity index (χ3n) is 3.72. The SMILES string of the molecule is Cc1ccc(C)c(S(=O)(=O)NCCCOCC2CCCO2)c1. The van der Waals surface area contributed by atoms with Crippen LogP contribution in [0.2, 0.25) is 0 Å². The Bertz CT molecular complexity index is 580. The van der Waals surface area contributed by atoms with Crippen LogP contribution in [0.3, 0.4) is 0 Å². The largest absolute Gasteiger partial charge is 0.379 e. The lowest BCUT2D eigenvalue weighted by atomic mass is 10.2. The number of ether oxygens (including phenoxy) is 2. The van der Waals surface area contributed by atoms with Crippen molar-refractivity contribution < 1.29 is 17.9 Å². The van der Waals surface area contributed by atoms with Gasteiger partial charge in [0.05, 0.1) is 17.6 Å². The predicted octanol–water partition coefficient (Wildman–Crippen LogP) is 2.17. The van der Waals surface area contributed by atoms with Crippen molar-refractivity contribution in [3.8, 4) is 0 Å². The molecule has 1 unspecified atom stereocenters. The highest BCUT2D eigenvalue weighted by molar-refractivity contribution is 7.89. The molecule has 124 valence electrons. The van der Waals surface area contributed by atoms with Crippen LogP contribution in [0.5, 0.6) is 0 Å². The normalized spacial score (nSPS) is 18.7. The predicted molar refractivity (Wildman–Crippen MR) is 85.5 cm³/mol. The molecule has 1 aliphatic heterocycles. The van der Waals surface area contributed by atoms with Gasteiger partial charge in [-0.25, -0.2) is 13.1 Å². The van der Waals surface area contributed by atoms with Gasteiger partial charge >= 0.3 is 0 Å². The number of rotatable bonds is 8. The van der Waals surface area contributed by atoms with Crippen molar-refractivity contribution in [2.24, 2.45) is 0 Å². The molecule has 22 heavy (non-hydrogen) atoms. The third-order valence-corrected chi connectivity index (χ3v) is 5.32. The van der Waals surface area contributed by atoms with Crippen LogP contribution in [-0.2, 0) is 19.5 Å². The van der Waals surface area contributed by atoms with E-state index >= 15 is 0 Å². The molecule has 0 aromatic heterocycles. The van der Waals surface area contributed by atoms with Gasteiger partial charge in [0.2, 0.25) is 10.0 Å². The number of hydrogen-bond acceptors (Lipinski definition) is 4. The lowest BCUT2D eigenvalue weighted by Gasteiger charge is -2.11. The van der Waals surface area contributed by atoms with E-state index in [1.54, 1.807) is 13.0 Å². The first-order chi connectivity index (χ1) is 10.5. The summed E-state index contributed by atoms with van der Waals surface area (Å²) in [6.45, 7) is 6.03. The maximum atomic E-state index is 12.3. The summed E-state index contributed by atoms with van der Waals surface area (Å²) >= 11 is 0. The van der Waals surface area contributed by atoms with Gasteiger partial charge in [-0.3, -0.25) is 0 Å². The topological polar surface area (TPSA) is 64.6 Å². The Hall–Kier alpha value is -0.950. The minimum atomic E-state index is -3.45. The van der Waals surface area contributed by atoms with Gasteiger partial charge < -0.3 is 9.47 Å². The highest BCUT2D eigenvalue weighted by atomic mass is 32.2. The summed E-state index contributed by atoms with van der Waals surface area (Å²) in [6.07, 6.45) is 3.02. The average molecular weight is 327 g/mol. The van der Waals surface area contributed by atoms with Gasteiger partial charge in [-0.2, -0.15) is 0 Å². The van der Waals surface area contributed by atoms with E-state index in [0.717, 1.165) is 30.6 Å². The number of benzene rings is 1. The van der Waals surface area contributed by atoms with Gasteiger partial charge in [0.25, 0.3) is 0 Å². The fourth-order valence-corrected chi connectivity index (χ4v) is 3.85. The van der Waals surface area contributed by atoms with Crippen molar-refractivity contribution in [3.05, 3.63) is 29.3 Å². The molecule has 1 atom stereocenters. The van der Waals surface area contributed by atoms with E-state index in [2.05, 4.69) is 4.72 Å². The van der Waals surface area contributed by atoms with Crippen LogP contribution in [0, 0.1) is 13.8 Å². The van der Waals surface area contributed by atoms with Crippen LogP contribution in [-0.4, -0.2) is 40.9 Å². The van der Waals surface area contributed by atoms with E-state index < -0.39 is 10.0 Å². The molecule has 0 radical (unpaired) electrons. The van der Waals surface area contributed by atoms with Crippen LogP contribution in [0.25, 0.3) is 0 Å². The Morgan fingerprint density at radius 1 is 1.36 bits per heavy atom. The number of aryl methyl sites for hydroxylation is 2. The molecule has 1 aliphatic rings. The minimum Gasteiger partial charge on any atom is -0.379 e. The fraction of sp³-hybridized carbons (Fsp3) is 0.625. The second-order valence-corrected chi connectivity index (χ2v) is 7.47. The average Bonchev–Trinajstić information content (AvgIpc) is 2.98. The summed E-state index contributed by atoms with van der Waals surface area (Å²) in [7, 11) is -3.45. The van der Waals surface area contributed by atoms with Crippen molar-refractivity contribution in [3.63, 3.8) is 0 Å². The first-order valence-corrected chi connectivity index (χ1v) is 9.23. The summed E-state index contributed by atoms with van der Waals surface area (Å²) in [5.74, 6) is 0. The van der Waals surface area contributed by atoms with Gasteiger partial charge in [-0.15, -0.1) is 0 Å². The highest BCUT2D eigenvalue weighted by Gasteiger charge is 2.17. The molecule has 1 saturated heterocycles. The fourth-order valence-electron chi connectivity index (χ4n) is 2.45. The molecule has 1 heterocycles. The second-order valence-electron chi connectivity index (χ2n) is 5.73. The summed E-state index contributed by atoms with van der Waals surface area (Å²) in [6, 6.07) is 5.44. The van der Waals surface area contributed by atoms with Crippen LogP contribution in [0.1, 0.15) is 30.4 Å². The second kappa shape index (κ2) is 8.06. The molecule has 2 rings (SSSR count). The van der Waals surface area contributed by atoms with Gasteiger partial charge in [0.15, 0.2) is 0 Å². The molecule has 0 aliphatic carbocycles. The van der Waals surface area contributed by atoms with E-state index in [1.807, 2.05) is 19.1 Å². The first kappa shape index (κ1) is 17.4. The highest BCUT2D eigenvalue weighted by Crippen LogP contribution is 2.16. The van der Waals surface area contributed by atoms with Crippen molar-refractivity contribution in [2.45, 2.75) is 44.1 Å². The van der Waals surface area contributed by atoms with Gasteiger partial charge in [-0.1, -0.05) is 12.1 Å². The Balaban J connectivity index is 1.72. The molecule has 0 bridgehead atoms. The van der Waals surface area contributed by atoms with Gasteiger partial charge in [-0.05, 0) is 50.3 Å². The van der Waals surface area contributed by atoms with Crippen LogP contribution in [0.15, 0.2) is 23.1 Å². The molecule has 6 heteroatoms. The summed E-state index contributed by atoms with van der Waals surface area (Å²) < 4.78 is 38.2. The lowest BCUT2D eigenvalue weighted by Crippen LogP contribution is -2.26. The van der Waals surface area contributed by atoms with Crippen molar-refractivity contribution in [1.82, 2.24) is 4.72 Å². The van der Waals surface area contributed by atoms with E-state index in [9.17, 15) is 8.42 Å². The molecular formula is C16H25NO4S. The minimum absolute atomic E-state index is 0.214. The van der Waals surface area contributed by atoms with Crippen molar-refractivity contribution in [2.75, 3.05) is 26.4 Å². The maximum absolute atomic E-state index is 12.3. The Labute approximate surface area is 133 Å². The van der Waals surface area contributed by atoms with Crippen LogP contribution >= 0.6 is 0 Å². The summed E-state index contributed by atoms with van der Waals surface area (Å²) in [4.78, 5) is 0.354. The maximum Gasteiger partial charge on any atom is 0.240 e. The van der Waals surface area contributed by atoms with E-state index in [0.29, 0.717) is 31.1 Å². The third kappa shape index (κ3) is 5.05. The number of sulfonamides is 1. The molecule has 1 aromatic rings. The zero-order valence-electron chi connectivity index (χ0n) is 13.3. The summed E-state index contributed by atoms with van der Waals surface area (Å²) in [5.41, 5.74) is 1.69. The molecule has 1 fully saturated rings. The quantitative estimate of drug-likeness (QED) is 0.743. The van der Waals surface area contributed by atoms with Gasteiger partial charge in [0, 0.05) is 19.8 Å². The zero-order chi connectivity index (χ0) is 16.0. The molecule has 5 nitrogen and oxygen atoms in total. The Morgan fingerprint density at radius 3 is 2.91 bits per heavy atom. The number of hydrogen-bond donors (Lipinski definition) is 1. The molecular weight excluding hydrogens is 302 g/mol. The molecule has 0 saturated carbocycles. The zero-order valence-corrected chi connectivity index (χ0v) is 14.1. The molecule has 1 N–H and O–H groups in total. The Morgan fingerprint density at radius 2 is 2.18 bits per heavy atom. The van der Waals surface area contributed by atoms with Crippen molar-refractivity contribution >= 4 is 10.0 Å². The standard InChI is InChI=1S/C16H25NO4S/c1-13-6-7-14(2)16(11-13)22(18,19)17-8-4-9-20-12-15-5-3-10-21-15/h6-7,11,15,17H,3-5,8-10,12H2,1-2H3. The number of nitrogens with one attached hydrogen (secondary N) is 1. The van der Waals surface area contributed by atoms with E-state index in [-0.39, 0.29) is 6.10 Å². The van der Waals surface area contributed by atoms with Crippen molar-refractivity contribution in [1.29, 1.82) is 0 Å². The lowest BCUT2D eigenvalue weighted by molar-refractivity contribution is 0.0169. The molecule has 1 aromatic carbocycles. The first-order valence-electron chi connectivity index (χ1n) is 7.75. The van der Waals surface area contributed by atoms with E-state index in [4.69, 9.17) is 9.47 Å². The smallest absolute Gasteiger partial charge is 0.240 e. The summed E-state index contributed by atoms with van der Waals surface area (Å²) in [5, 5.41) is 0. The van der Waals surface area contributed by atoms with Gasteiger partial charge in [0.1, 0.15) is 0 Å². The van der Waals surface area contributed by atoms with Crippen LogP contribution < -0.4 is 4.72 Å². The monoisotopic (exact) mass is 327 g/mol. The molecule has 0 spiro atoms. The van der Waals surface area contributed by atoms with E-state index in [1.165, 1.54) is 0 Å². The Kier molecular flexibility index (Phi) is 6.37. The van der Waals surface area contributed by atoms with Crippen LogP contribution in [0.4, 0.5) is 0 Å². The molecule has 0 amide bonds.